The molecule has 5 heteroatoms. The molecule has 0 radical (unpaired) electrons. The van der Waals surface area contributed by atoms with E-state index in [-0.39, 0.29) is 5.82 Å². The number of hydrogen-bond acceptors (Lipinski definition) is 2. The first-order valence-electron chi connectivity index (χ1n) is 2.45. The van der Waals surface area contributed by atoms with E-state index in [0.717, 1.165) is 0 Å². The van der Waals surface area contributed by atoms with E-state index in [9.17, 15) is 13.2 Å². The zero-order valence-electron chi connectivity index (χ0n) is 5.15. The molecule has 0 saturated carbocycles. The molecule has 0 fully saturated rings. The summed E-state index contributed by atoms with van der Waals surface area (Å²) in [4.78, 5) is 3.15. The van der Waals surface area contributed by atoms with Crippen LogP contribution in [0.5, 0.6) is 0 Å². The summed E-state index contributed by atoms with van der Waals surface area (Å²) >= 11 is 0. The van der Waals surface area contributed by atoms with E-state index >= 15 is 0 Å². The molecule has 0 aromatic rings. The molecular weight excluding hydrogens is 145 g/mol. The quantitative estimate of drug-likeness (QED) is 0.597. The van der Waals surface area contributed by atoms with E-state index < -0.39 is 12.6 Å². The minimum absolute atomic E-state index is 0.121. The van der Waals surface area contributed by atoms with Crippen LogP contribution < -0.4 is 5.73 Å². The van der Waals surface area contributed by atoms with Gasteiger partial charge in [-0.1, -0.05) is 6.58 Å². The Morgan fingerprint density at radius 1 is 1.60 bits per heavy atom. The van der Waals surface area contributed by atoms with Crippen molar-refractivity contribution in [2.45, 2.75) is 12.6 Å². The van der Waals surface area contributed by atoms with Crippen LogP contribution in [0.4, 0.5) is 13.2 Å². The average molecular weight is 152 g/mol. The Balaban J connectivity index is 3.64. The van der Waals surface area contributed by atoms with Crippen molar-refractivity contribution in [1.29, 1.82) is 0 Å². The smallest absolute Gasteiger partial charge is 0.384 e. The lowest BCUT2D eigenvalue weighted by molar-refractivity contribution is -0.120. The molecule has 0 saturated heterocycles. The molecule has 0 spiro atoms. The van der Waals surface area contributed by atoms with Crippen LogP contribution in [-0.2, 0) is 0 Å². The fourth-order valence-corrected chi connectivity index (χ4v) is 0.266. The molecule has 0 heterocycles. The van der Waals surface area contributed by atoms with E-state index in [4.69, 9.17) is 5.73 Å². The first kappa shape index (κ1) is 9.00. The van der Waals surface area contributed by atoms with Crippen molar-refractivity contribution in [2.75, 3.05) is 0 Å². The second-order valence-corrected chi connectivity index (χ2v) is 1.62. The molecule has 58 valence electrons. The Labute approximate surface area is 56.2 Å². The Bertz CT molecular complexity index is 147. The van der Waals surface area contributed by atoms with Gasteiger partial charge in [-0.05, 0) is 0 Å². The van der Waals surface area contributed by atoms with Gasteiger partial charge in [0.1, 0.15) is 5.82 Å². The van der Waals surface area contributed by atoms with Gasteiger partial charge in [-0.2, -0.15) is 13.2 Å². The van der Waals surface area contributed by atoms with Gasteiger partial charge >= 0.3 is 6.18 Å². The number of rotatable bonds is 2. The standard InChI is InChI=1S/C5H7F3N2/c1-4(9)10-3-2-5(6,7)8/h3H,1-2,9H2. The molecule has 0 amide bonds. The van der Waals surface area contributed by atoms with Gasteiger partial charge in [0.15, 0.2) is 0 Å². The number of nitrogens with zero attached hydrogens (tertiary/aromatic N) is 1. The van der Waals surface area contributed by atoms with Crippen molar-refractivity contribution in [2.24, 2.45) is 10.7 Å². The predicted octanol–water partition coefficient (Wildman–Crippen LogP) is 1.44. The average Bonchev–Trinajstić information content (AvgIpc) is 1.59. The highest BCUT2D eigenvalue weighted by Gasteiger charge is 2.25. The second kappa shape index (κ2) is 3.24. The third kappa shape index (κ3) is 7.00. The Kier molecular flexibility index (Phi) is 2.92. The maximum Gasteiger partial charge on any atom is 0.393 e. The van der Waals surface area contributed by atoms with E-state index in [1.807, 2.05) is 0 Å². The molecular formula is C5H7F3N2. The summed E-state index contributed by atoms with van der Waals surface area (Å²) in [5, 5.41) is 0. The topological polar surface area (TPSA) is 38.4 Å². The van der Waals surface area contributed by atoms with Gasteiger partial charge in [0.05, 0.1) is 6.42 Å². The summed E-state index contributed by atoms with van der Waals surface area (Å²) in [6.45, 7) is 3.09. The van der Waals surface area contributed by atoms with Gasteiger partial charge in [-0.25, -0.2) is 4.99 Å². The highest BCUT2D eigenvalue weighted by atomic mass is 19.4. The number of aliphatic imine (C=N–C) groups is 1. The SMILES string of the molecule is C=C(N)N=CCC(F)(F)F. The van der Waals surface area contributed by atoms with Gasteiger partial charge in [0, 0.05) is 6.21 Å². The lowest BCUT2D eigenvalue weighted by Crippen LogP contribution is -2.07. The fourth-order valence-electron chi connectivity index (χ4n) is 0.266. The van der Waals surface area contributed by atoms with E-state index in [0.29, 0.717) is 6.21 Å². The van der Waals surface area contributed by atoms with Crippen LogP contribution in [0.2, 0.25) is 0 Å². The van der Waals surface area contributed by atoms with E-state index in [1.54, 1.807) is 0 Å². The predicted molar refractivity (Wildman–Crippen MR) is 32.5 cm³/mol. The van der Waals surface area contributed by atoms with Gasteiger partial charge in [0.2, 0.25) is 0 Å². The zero-order valence-corrected chi connectivity index (χ0v) is 5.15. The normalized spacial score (nSPS) is 12.3. The van der Waals surface area contributed by atoms with Crippen LogP contribution in [0, 0.1) is 0 Å². The van der Waals surface area contributed by atoms with E-state index in [2.05, 4.69) is 11.6 Å². The highest BCUT2D eigenvalue weighted by molar-refractivity contribution is 5.59. The van der Waals surface area contributed by atoms with Gasteiger partial charge in [0.25, 0.3) is 0 Å². The number of hydrogen-bond donors (Lipinski definition) is 1. The Morgan fingerprint density at radius 2 is 2.10 bits per heavy atom. The van der Waals surface area contributed by atoms with Crippen molar-refractivity contribution in [3.63, 3.8) is 0 Å². The first-order valence-corrected chi connectivity index (χ1v) is 2.45. The minimum Gasteiger partial charge on any atom is -0.384 e. The second-order valence-electron chi connectivity index (χ2n) is 1.62. The molecule has 0 rings (SSSR count). The summed E-state index contributed by atoms with van der Waals surface area (Å²) in [7, 11) is 0. The summed E-state index contributed by atoms with van der Waals surface area (Å²) in [5.41, 5.74) is 4.86. The molecule has 0 bridgehead atoms. The van der Waals surface area contributed by atoms with Crippen LogP contribution >= 0.6 is 0 Å². The Morgan fingerprint density at radius 3 is 2.40 bits per heavy atom. The lowest BCUT2D eigenvalue weighted by Gasteiger charge is -1.98. The summed E-state index contributed by atoms with van der Waals surface area (Å²) < 4.78 is 34.0. The van der Waals surface area contributed by atoms with E-state index in [1.165, 1.54) is 0 Å². The summed E-state index contributed by atoms with van der Waals surface area (Å²) in [6.07, 6.45) is -4.59. The van der Waals surface area contributed by atoms with Gasteiger partial charge < -0.3 is 5.73 Å². The number of nitrogens with two attached hydrogens (primary N) is 1. The van der Waals surface area contributed by atoms with Crippen molar-refractivity contribution in [3.05, 3.63) is 12.4 Å². The van der Waals surface area contributed by atoms with Crippen LogP contribution in [0.25, 0.3) is 0 Å². The van der Waals surface area contributed by atoms with Gasteiger partial charge in [-0.15, -0.1) is 0 Å². The van der Waals surface area contributed by atoms with Crippen LogP contribution in [-0.4, -0.2) is 12.4 Å². The third-order valence-corrected chi connectivity index (χ3v) is 0.580. The van der Waals surface area contributed by atoms with Crippen LogP contribution in [0.15, 0.2) is 17.4 Å². The molecule has 0 unspecified atom stereocenters. The number of alkyl halides is 3. The number of halogens is 3. The minimum atomic E-state index is -4.21. The lowest BCUT2D eigenvalue weighted by atomic mass is 10.5. The zero-order chi connectivity index (χ0) is 8.20. The molecule has 2 nitrogen and oxygen atoms in total. The maximum atomic E-state index is 11.3. The largest absolute Gasteiger partial charge is 0.393 e. The van der Waals surface area contributed by atoms with Crippen molar-refractivity contribution in [1.82, 2.24) is 0 Å². The molecule has 0 aliphatic rings. The maximum absolute atomic E-state index is 11.3. The molecule has 0 atom stereocenters. The van der Waals surface area contributed by atoms with Crippen molar-refractivity contribution >= 4 is 6.21 Å². The highest BCUT2D eigenvalue weighted by Crippen LogP contribution is 2.17. The van der Waals surface area contributed by atoms with Crippen molar-refractivity contribution < 1.29 is 13.2 Å². The van der Waals surface area contributed by atoms with Gasteiger partial charge in [-0.3, -0.25) is 0 Å². The molecule has 2 N–H and O–H groups in total. The van der Waals surface area contributed by atoms with Crippen LogP contribution in [0.3, 0.4) is 0 Å². The molecule has 10 heavy (non-hydrogen) atoms. The molecule has 0 aromatic carbocycles. The molecule has 0 aromatic heterocycles. The monoisotopic (exact) mass is 152 g/mol. The first-order chi connectivity index (χ1) is 4.42. The summed E-state index contributed by atoms with van der Waals surface area (Å²) in [5.74, 6) is -0.121. The van der Waals surface area contributed by atoms with Crippen LogP contribution in [0.1, 0.15) is 6.42 Å². The Hall–Kier alpha value is -1.00. The fraction of sp³-hybridized carbons (Fsp3) is 0.400. The van der Waals surface area contributed by atoms with Crippen molar-refractivity contribution in [3.8, 4) is 0 Å². The molecule has 0 aliphatic carbocycles. The third-order valence-electron chi connectivity index (χ3n) is 0.580. The summed E-state index contributed by atoms with van der Waals surface area (Å²) in [6, 6.07) is 0. The molecule has 0 aliphatic heterocycles.